The molecule has 22 heavy (non-hydrogen) atoms. The minimum atomic E-state index is -2.47. The minimum absolute atomic E-state index is 0.0851. The standard InChI is InChI=1S/C18H22F2N2/c1-13-11-15(8-9-21-13)17-12-14(5-4-10-22(2)3)6-7-16(17)18(19)20/h6-9,11-12,18H,4-5,10H2,1-3H3. The van der Waals surface area contributed by atoms with E-state index in [1.807, 2.05) is 39.2 Å². The molecule has 1 aromatic heterocycles. The second kappa shape index (κ2) is 7.45. The average Bonchev–Trinajstić information content (AvgIpc) is 2.46. The van der Waals surface area contributed by atoms with Crippen molar-refractivity contribution in [1.82, 2.24) is 9.88 Å². The number of pyridine rings is 1. The number of benzene rings is 1. The third-order valence-corrected chi connectivity index (χ3v) is 3.63. The van der Waals surface area contributed by atoms with Gasteiger partial charge in [-0.15, -0.1) is 0 Å². The minimum Gasteiger partial charge on any atom is -0.309 e. The van der Waals surface area contributed by atoms with E-state index in [1.54, 1.807) is 18.3 Å². The van der Waals surface area contributed by atoms with Crippen LogP contribution in [0, 0.1) is 6.92 Å². The van der Waals surface area contributed by atoms with Crippen LogP contribution in [0.1, 0.15) is 29.7 Å². The van der Waals surface area contributed by atoms with E-state index in [0.29, 0.717) is 5.56 Å². The van der Waals surface area contributed by atoms with E-state index in [1.165, 1.54) is 0 Å². The van der Waals surface area contributed by atoms with Gasteiger partial charge in [0.25, 0.3) is 6.43 Å². The Hall–Kier alpha value is -1.81. The number of hydrogen-bond acceptors (Lipinski definition) is 2. The molecule has 2 nitrogen and oxygen atoms in total. The van der Waals surface area contributed by atoms with E-state index >= 15 is 0 Å². The van der Waals surface area contributed by atoms with Gasteiger partial charge in [-0.3, -0.25) is 4.98 Å². The summed E-state index contributed by atoms with van der Waals surface area (Å²) >= 11 is 0. The van der Waals surface area contributed by atoms with Crippen LogP contribution in [0.15, 0.2) is 36.5 Å². The SMILES string of the molecule is Cc1cc(-c2cc(CCCN(C)C)ccc2C(F)F)ccn1. The van der Waals surface area contributed by atoms with Gasteiger partial charge in [0.1, 0.15) is 0 Å². The van der Waals surface area contributed by atoms with Crippen LogP contribution in [-0.4, -0.2) is 30.5 Å². The van der Waals surface area contributed by atoms with Crippen molar-refractivity contribution in [2.75, 3.05) is 20.6 Å². The van der Waals surface area contributed by atoms with Crippen molar-refractivity contribution < 1.29 is 8.78 Å². The molecule has 0 bridgehead atoms. The molecule has 0 saturated heterocycles. The van der Waals surface area contributed by atoms with E-state index < -0.39 is 6.43 Å². The van der Waals surface area contributed by atoms with Gasteiger partial charge in [-0.1, -0.05) is 18.2 Å². The first-order valence-corrected chi connectivity index (χ1v) is 7.46. The largest absolute Gasteiger partial charge is 0.309 e. The molecule has 0 spiro atoms. The molecule has 2 aromatic rings. The van der Waals surface area contributed by atoms with Gasteiger partial charge in [-0.2, -0.15) is 0 Å². The number of hydrogen-bond donors (Lipinski definition) is 0. The molecule has 0 N–H and O–H groups in total. The molecule has 0 amide bonds. The zero-order valence-corrected chi connectivity index (χ0v) is 13.3. The predicted molar refractivity (Wildman–Crippen MR) is 86.2 cm³/mol. The summed E-state index contributed by atoms with van der Waals surface area (Å²) in [5.74, 6) is 0. The lowest BCUT2D eigenvalue weighted by Gasteiger charge is -2.13. The summed E-state index contributed by atoms with van der Waals surface area (Å²) in [6.45, 7) is 2.85. The van der Waals surface area contributed by atoms with Gasteiger partial charge in [0, 0.05) is 17.5 Å². The number of aromatic nitrogens is 1. The lowest BCUT2D eigenvalue weighted by atomic mass is 9.96. The molecule has 0 aliphatic rings. The first-order chi connectivity index (χ1) is 10.5. The van der Waals surface area contributed by atoms with Crippen molar-refractivity contribution in [2.24, 2.45) is 0 Å². The van der Waals surface area contributed by atoms with Crippen molar-refractivity contribution >= 4 is 0 Å². The van der Waals surface area contributed by atoms with Gasteiger partial charge < -0.3 is 4.90 Å². The second-order valence-corrected chi connectivity index (χ2v) is 5.82. The summed E-state index contributed by atoms with van der Waals surface area (Å²) in [6, 6.07) is 8.91. The number of aryl methyl sites for hydroxylation is 2. The molecule has 0 aliphatic carbocycles. The third kappa shape index (κ3) is 4.34. The van der Waals surface area contributed by atoms with Crippen molar-refractivity contribution in [3.8, 4) is 11.1 Å². The van der Waals surface area contributed by atoms with Crippen LogP contribution in [-0.2, 0) is 6.42 Å². The predicted octanol–water partition coefficient (Wildman–Crippen LogP) is 4.49. The van der Waals surface area contributed by atoms with Crippen LogP contribution in [0.5, 0.6) is 0 Å². The van der Waals surface area contributed by atoms with Crippen LogP contribution in [0.25, 0.3) is 11.1 Å². The molecule has 0 radical (unpaired) electrons. The van der Waals surface area contributed by atoms with Crippen LogP contribution in [0.4, 0.5) is 8.78 Å². The van der Waals surface area contributed by atoms with Crippen LogP contribution in [0.2, 0.25) is 0 Å². The summed E-state index contributed by atoms with van der Waals surface area (Å²) < 4.78 is 26.6. The summed E-state index contributed by atoms with van der Waals surface area (Å²) in [5.41, 5.74) is 3.42. The maximum absolute atomic E-state index is 13.3. The zero-order valence-electron chi connectivity index (χ0n) is 13.3. The molecular weight excluding hydrogens is 282 g/mol. The normalized spacial score (nSPS) is 11.4. The highest BCUT2D eigenvalue weighted by molar-refractivity contribution is 5.68. The average molecular weight is 304 g/mol. The smallest absolute Gasteiger partial charge is 0.264 e. The monoisotopic (exact) mass is 304 g/mol. The number of halogens is 2. The molecule has 1 aromatic carbocycles. The van der Waals surface area contributed by atoms with E-state index in [0.717, 1.165) is 36.2 Å². The van der Waals surface area contributed by atoms with Crippen LogP contribution >= 0.6 is 0 Å². The Balaban J connectivity index is 2.32. The number of alkyl halides is 2. The van der Waals surface area contributed by atoms with Gasteiger partial charge in [0.15, 0.2) is 0 Å². The Kier molecular flexibility index (Phi) is 5.61. The maximum Gasteiger partial charge on any atom is 0.264 e. The molecule has 0 fully saturated rings. The quantitative estimate of drug-likeness (QED) is 0.781. The van der Waals surface area contributed by atoms with E-state index in [-0.39, 0.29) is 5.56 Å². The van der Waals surface area contributed by atoms with Crippen molar-refractivity contribution in [3.05, 3.63) is 53.3 Å². The van der Waals surface area contributed by atoms with Crippen LogP contribution in [0.3, 0.4) is 0 Å². The number of rotatable bonds is 6. The molecule has 2 rings (SSSR count). The summed E-state index contributed by atoms with van der Waals surface area (Å²) in [5, 5.41) is 0. The lowest BCUT2D eigenvalue weighted by Crippen LogP contribution is -2.13. The molecule has 0 atom stereocenters. The second-order valence-electron chi connectivity index (χ2n) is 5.82. The molecule has 118 valence electrons. The van der Waals surface area contributed by atoms with Gasteiger partial charge in [0.05, 0.1) is 0 Å². The van der Waals surface area contributed by atoms with Gasteiger partial charge in [-0.05, 0) is 69.2 Å². The summed E-state index contributed by atoms with van der Waals surface area (Å²) in [4.78, 5) is 6.26. The molecule has 0 aliphatic heterocycles. The van der Waals surface area contributed by atoms with E-state index in [9.17, 15) is 8.78 Å². The third-order valence-electron chi connectivity index (χ3n) is 3.63. The first-order valence-electron chi connectivity index (χ1n) is 7.46. The highest BCUT2D eigenvalue weighted by Crippen LogP contribution is 2.32. The summed E-state index contributed by atoms with van der Waals surface area (Å²) in [7, 11) is 4.07. The Morgan fingerprint density at radius 2 is 1.91 bits per heavy atom. The molecule has 0 unspecified atom stereocenters. The van der Waals surface area contributed by atoms with Crippen molar-refractivity contribution in [1.29, 1.82) is 0 Å². The number of nitrogens with zero attached hydrogens (tertiary/aromatic N) is 2. The first kappa shape index (κ1) is 16.6. The fourth-order valence-electron chi connectivity index (χ4n) is 2.51. The van der Waals surface area contributed by atoms with Gasteiger partial charge in [0.2, 0.25) is 0 Å². The molecular formula is C18H22F2N2. The maximum atomic E-state index is 13.3. The Morgan fingerprint density at radius 1 is 1.14 bits per heavy atom. The van der Waals surface area contributed by atoms with Gasteiger partial charge >= 0.3 is 0 Å². The van der Waals surface area contributed by atoms with Crippen molar-refractivity contribution in [2.45, 2.75) is 26.2 Å². The van der Waals surface area contributed by atoms with E-state index in [4.69, 9.17) is 0 Å². The van der Waals surface area contributed by atoms with E-state index in [2.05, 4.69) is 9.88 Å². The van der Waals surface area contributed by atoms with Gasteiger partial charge in [-0.25, -0.2) is 8.78 Å². The topological polar surface area (TPSA) is 16.1 Å². The lowest BCUT2D eigenvalue weighted by molar-refractivity contribution is 0.152. The molecule has 4 heteroatoms. The summed E-state index contributed by atoms with van der Waals surface area (Å²) in [6.07, 6.45) is 1.09. The molecule has 1 heterocycles. The van der Waals surface area contributed by atoms with Crippen molar-refractivity contribution in [3.63, 3.8) is 0 Å². The highest BCUT2D eigenvalue weighted by Gasteiger charge is 2.15. The fourth-order valence-corrected chi connectivity index (χ4v) is 2.51. The van der Waals surface area contributed by atoms with Crippen LogP contribution < -0.4 is 0 Å². The zero-order chi connectivity index (χ0) is 16.1. The Labute approximate surface area is 130 Å². The Bertz CT molecular complexity index is 624. The fraction of sp³-hybridized carbons (Fsp3) is 0.389. The Morgan fingerprint density at radius 3 is 2.55 bits per heavy atom. The highest BCUT2D eigenvalue weighted by atomic mass is 19.3. The molecule has 0 saturated carbocycles.